The van der Waals surface area contributed by atoms with Crippen LogP contribution in [0.3, 0.4) is 0 Å². The molecule has 42 heavy (non-hydrogen) atoms. The minimum Gasteiger partial charge on any atom is -0.399 e. The average molecular weight is 575 g/mol. The molecule has 1 heterocycles. The van der Waals surface area contributed by atoms with Crippen LogP contribution in [0.25, 0.3) is 11.1 Å². The Labute approximate surface area is 268 Å². The predicted molar refractivity (Wildman–Crippen MR) is 195 cm³/mol. The largest absolute Gasteiger partial charge is 0.494 e. The number of fused-ring (bicyclic) bond motifs is 3. The maximum Gasteiger partial charge on any atom is 0.494 e. The van der Waals surface area contributed by atoms with Crippen molar-refractivity contribution in [1.29, 1.82) is 0 Å². The van der Waals surface area contributed by atoms with E-state index in [4.69, 9.17) is 9.31 Å². The van der Waals surface area contributed by atoms with Gasteiger partial charge in [-0.25, -0.2) is 0 Å². The molecule has 2 nitrogen and oxygen atoms in total. The van der Waals surface area contributed by atoms with Gasteiger partial charge < -0.3 is 9.31 Å². The van der Waals surface area contributed by atoms with E-state index in [1.807, 2.05) is 0 Å². The molecule has 1 fully saturated rings. The van der Waals surface area contributed by atoms with Crippen molar-refractivity contribution in [2.45, 2.75) is 109 Å². The maximum absolute atomic E-state index is 6.46. The van der Waals surface area contributed by atoms with Crippen LogP contribution < -0.4 is 5.46 Å². The van der Waals surface area contributed by atoms with E-state index < -0.39 is 18.3 Å². The van der Waals surface area contributed by atoms with Gasteiger partial charge in [0.05, 0.1) is 11.2 Å². The van der Waals surface area contributed by atoms with Crippen molar-refractivity contribution < 1.29 is 23.6 Å². The SMILES string of the molecule is C=C=C=C=C=C=C=C=C=CC1(CCCCCCCCCC)c2ccccc2-c2ccc(B3OC(C)(C)C(C)(C)O3)cc21.[HH].[HH].[HH].[HH].[HH].[HH].[HH].[HH].[HH].[HH]. The highest BCUT2D eigenvalue weighted by Gasteiger charge is 2.52. The molecular weight excluding hydrogens is 511 g/mol. The molecule has 0 spiro atoms. The quantitative estimate of drug-likeness (QED) is 0.151. The zero-order chi connectivity index (χ0) is 30.1. The fourth-order valence-electron chi connectivity index (χ4n) is 5.94. The highest BCUT2D eigenvalue weighted by atomic mass is 16.7. The van der Waals surface area contributed by atoms with Crippen LogP contribution in [0.1, 0.15) is 118 Å². The molecule has 0 bridgehead atoms. The summed E-state index contributed by atoms with van der Waals surface area (Å²) >= 11 is 0. The lowest BCUT2D eigenvalue weighted by Crippen LogP contribution is -2.41. The van der Waals surface area contributed by atoms with Gasteiger partial charge >= 0.3 is 7.12 Å². The normalized spacial score (nSPS) is 18.5. The van der Waals surface area contributed by atoms with Crippen molar-refractivity contribution in [1.82, 2.24) is 0 Å². The number of hydrogen-bond acceptors (Lipinski definition) is 2. The topological polar surface area (TPSA) is 18.5 Å². The first-order valence-corrected chi connectivity index (χ1v) is 15.5. The Kier molecular flexibility index (Phi) is 10.5. The zero-order valence-electron chi connectivity index (χ0n) is 26.1. The molecule has 1 unspecified atom stereocenters. The van der Waals surface area contributed by atoms with Crippen molar-refractivity contribution in [3.05, 3.63) is 112 Å². The van der Waals surface area contributed by atoms with Crippen molar-refractivity contribution >= 4 is 12.6 Å². The second kappa shape index (κ2) is 14.0. The first-order valence-electron chi connectivity index (χ1n) is 15.5. The van der Waals surface area contributed by atoms with Crippen molar-refractivity contribution in [3.8, 4) is 11.1 Å². The molecule has 0 saturated carbocycles. The Bertz CT molecular complexity index is 1610. The van der Waals surface area contributed by atoms with Crippen LogP contribution in [-0.2, 0) is 14.7 Å². The fraction of sp³-hybridized carbons (Fsp3) is 0.436. The number of benzene rings is 2. The van der Waals surface area contributed by atoms with Crippen LogP contribution in [-0.4, -0.2) is 18.3 Å². The fourth-order valence-corrected chi connectivity index (χ4v) is 5.94. The summed E-state index contributed by atoms with van der Waals surface area (Å²) in [7, 11) is -0.415. The Balaban J connectivity index is -0.000000405. The summed E-state index contributed by atoms with van der Waals surface area (Å²) < 4.78 is 12.9. The summed E-state index contributed by atoms with van der Waals surface area (Å²) in [6.07, 6.45) is 13.4. The van der Waals surface area contributed by atoms with Gasteiger partial charge in [0.15, 0.2) is 0 Å². The molecule has 0 aromatic heterocycles. The number of hydrogen-bond donors (Lipinski definition) is 0. The summed E-state index contributed by atoms with van der Waals surface area (Å²) in [4.78, 5) is 0. The number of rotatable bonds is 11. The van der Waals surface area contributed by atoms with E-state index in [2.05, 4.69) is 136 Å². The summed E-state index contributed by atoms with van der Waals surface area (Å²) in [5, 5.41) is 0. The van der Waals surface area contributed by atoms with E-state index in [-0.39, 0.29) is 19.7 Å². The van der Waals surface area contributed by atoms with E-state index in [0.717, 1.165) is 18.3 Å². The third-order valence-electron chi connectivity index (χ3n) is 8.96. The molecular formula is C39H63BO2. The Morgan fingerprint density at radius 3 is 2.02 bits per heavy atom. The third-order valence-corrected chi connectivity index (χ3v) is 8.96. The molecule has 1 aliphatic carbocycles. The second-order valence-electron chi connectivity index (χ2n) is 12.4. The highest BCUT2D eigenvalue weighted by molar-refractivity contribution is 6.62. The zero-order valence-corrected chi connectivity index (χ0v) is 26.1. The standard InChI is InChI=1S/C39H43BO2.10H2/c1-7-9-11-13-15-17-19-23-29-39(30-24-20-18-16-14-12-10-8-2)35-26-22-21-25-33(35)34-28-27-32(31-36(34)39)40-41-37(3,4)38(5,6)42-40;;;;;;;;;;/h21-22,25-29,31H,1,8,10,12,14,16,18,20,24,30H2,2-6H3;10*1H. The molecule has 1 aliphatic heterocycles. The molecule has 0 N–H and O–H groups in total. The minimum absolute atomic E-state index is 0. The van der Waals surface area contributed by atoms with Crippen LogP contribution in [0.4, 0.5) is 0 Å². The van der Waals surface area contributed by atoms with E-state index in [9.17, 15) is 0 Å². The van der Waals surface area contributed by atoms with Gasteiger partial charge in [0, 0.05) is 19.7 Å². The minimum atomic E-state index is -0.415. The van der Waals surface area contributed by atoms with Gasteiger partial charge in [-0.15, -0.1) is 0 Å². The lowest BCUT2D eigenvalue weighted by molar-refractivity contribution is 0.00578. The monoisotopic (exact) mass is 574 g/mol. The first-order chi connectivity index (χ1) is 20.3. The van der Waals surface area contributed by atoms with Crippen LogP contribution in [0.2, 0.25) is 0 Å². The van der Waals surface area contributed by atoms with E-state index in [0.29, 0.717) is 0 Å². The van der Waals surface area contributed by atoms with Gasteiger partial charge in [0.2, 0.25) is 0 Å². The lowest BCUT2D eigenvalue weighted by atomic mass is 9.71. The van der Waals surface area contributed by atoms with Crippen molar-refractivity contribution in [2.24, 2.45) is 0 Å². The van der Waals surface area contributed by atoms with Crippen LogP contribution in [0.5, 0.6) is 0 Å². The van der Waals surface area contributed by atoms with Gasteiger partial charge in [-0.2, -0.15) is 0 Å². The van der Waals surface area contributed by atoms with Gasteiger partial charge in [-0.1, -0.05) is 112 Å². The van der Waals surface area contributed by atoms with Gasteiger partial charge in [0.1, 0.15) is 0 Å². The Morgan fingerprint density at radius 1 is 0.738 bits per heavy atom. The summed E-state index contributed by atoms with van der Waals surface area (Å²) in [6.45, 7) is 14.1. The summed E-state index contributed by atoms with van der Waals surface area (Å²) in [5.41, 5.74) is 27.4. The Morgan fingerprint density at radius 2 is 1.33 bits per heavy atom. The molecule has 0 radical (unpaired) electrons. The molecule has 2 aromatic rings. The molecule has 2 aromatic carbocycles. The Hall–Kier alpha value is -3.60. The van der Waals surface area contributed by atoms with E-state index in [1.54, 1.807) is 0 Å². The number of unbranched alkanes of at least 4 members (excludes halogenated alkanes) is 7. The maximum atomic E-state index is 6.46. The third kappa shape index (κ3) is 6.89. The molecule has 3 heteroatoms. The summed E-state index contributed by atoms with van der Waals surface area (Å²) in [5.74, 6) is 0. The predicted octanol–water partition coefficient (Wildman–Crippen LogP) is 11.7. The van der Waals surface area contributed by atoms with Crippen molar-refractivity contribution in [2.75, 3.05) is 0 Å². The van der Waals surface area contributed by atoms with Crippen LogP contribution >= 0.6 is 0 Å². The molecule has 4 rings (SSSR count). The first kappa shape index (κ1) is 31.3. The average Bonchev–Trinajstić information content (AvgIpc) is 3.37. The smallest absolute Gasteiger partial charge is 0.399 e. The second-order valence-corrected chi connectivity index (χ2v) is 12.4. The molecule has 234 valence electrons. The molecule has 2 aliphatic rings. The van der Waals surface area contributed by atoms with Crippen LogP contribution in [0.15, 0.2) is 101 Å². The number of allylic oxidation sites excluding steroid dienone is 1. The highest BCUT2D eigenvalue weighted by Crippen LogP contribution is 2.52. The molecule has 1 atom stereocenters. The van der Waals surface area contributed by atoms with Crippen molar-refractivity contribution in [3.63, 3.8) is 0 Å². The van der Waals surface area contributed by atoms with Crippen LogP contribution in [0, 0.1) is 0 Å². The van der Waals surface area contributed by atoms with Gasteiger partial charge in [-0.3, -0.25) is 0 Å². The molecule has 1 saturated heterocycles. The lowest BCUT2D eigenvalue weighted by Gasteiger charge is -2.32. The van der Waals surface area contributed by atoms with E-state index in [1.165, 1.54) is 67.2 Å². The van der Waals surface area contributed by atoms with Gasteiger partial charge in [0.25, 0.3) is 0 Å². The molecule has 0 amide bonds. The van der Waals surface area contributed by atoms with E-state index >= 15 is 0 Å². The summed E-state index contributed by atoms with van der Waals surface area (Å²) in [6, 6.07) is 15.5. The van der Waals surface area contributed by atoms with Gasteiger partial charge in [-0.05, 0) is 109 Å².